The van der Waals surface area contributed by atoms with E-state index in [2.05, 4.69) is 31.3 Å². The predicted molar refractivity (Wildman–Crippen MR) is 125 cm³/mol. The zero-order valence-corrected chi connectivity index (χ0v) is 19.3. The van der Waals surface area contributed by atoms with Gasteiger partial charge in [-0.3, -0.25) is 9.10 Å². The van der Waals surface area contributed by atoms with Gasteiger partial charge in [0, 0.05) is 12.6 Å². The molecule has 162 valence electrons. The molecule has 0 radical (unpaired) electrons. The van der Waals surface area contributed by atoms with E-state index in [9.17, 15) is 13.2 Å². The summed E-state index contributed by atoms with van der Waals surface area (Å²) in [4.78, 5) is 13.0. The summed E-state index contributed by atoms with van der Waals surface area (Å²) < 4.78 is 27.1. The molecule has 6 heteroatoms. The summed E-state index contributed by atoms with van der Waals surface area (Å²) in [6.07, 6.45) is 0. The maximum absolute atomic E-state index is 12.9. The van der Waals surface area contributed by atoms with Crippen molar-refractivity contribution in [3.05, 3.63) is 94.5 Å². The molecule has 3 rings (SSSR count). The average molecular weight is 437 g/mol. The Morgan fingerprint density at radius 3 is 2.16 bits per heavy atom. The van der Waals surface area contributed by atoms with E-state index in [1.165, 1.54) is 22.5 Å². The maximum Gasteiger partial charge on any atom is 0.264 e. The summed E-state index contributed by atoms with van der Waals surface area (Å²) in [6, 6.07) is 19.3. The Morgan fingerprint density at radius 2 is 1.55 bits per heavy atom. The molecule has 0 aromatic heterocycles. The van der Waals surface area contributed by atoms with Crippen molar-refractivity contribution in [3.8, 4) is 0 Å². The third-order valence-electron chi connectivity index (χ3n) is 5.58. The van der Waals surface area contributed by atoms with Gasteiger partial charge in [0.2, 0.25) is 0 Å². The van der Waals surface area contributed by atoms with E-state index >= 15 is 0 Å². The Bertz CT molecular complexity index is 1200. The van der Waals surface area contributed by atoms with Gasteiger partial charge in [0.05, 0.1) is 16.6 Å². The minimum absolute atomic E-state index is 0.145. The first-order valence-electron chi connectivity index (χ1n) is 10.1. The molecule has 1 amide bonds. The molecule has 0 bridgehead atoms. The molecule has 3 aromatic rings. The third-order valence-corrected chi connectivity index (χ3v) is 7.36. The molecule has 0 spiro atoms. The van der Waals surface area contributed by atoms with E-state index in [4.69, 9.17) is 0 Å². The second-order valence-electron chi connectivity index (χ2n) is 7.83. The molecule has 0 saturated heterocycles. The molecule has 0 aliphatic rings. The quantitative estimate of drug-likeness (QED) is 0.596. The molecule has 0 unspecified atom stereocenters. The number of nitrogens with one attached hydrogen (secondary N) is 1. The minimum atomic E-state index is -3.68. The van der Waals surface area contributed by atoms with Crippen molar-refractivity contribution in [1.82, 2.24) is 5.32 Å². The van der Waals surface area contributed by atoms with Gasteiger partial charge in [-0.2, -0.15) is 0 Å². The van der Waals surface area contributed by atoms with Crippen LogP contribution in [0.3, 0.4) is 0 Å². The number of amides is 1. The monoisotopic (exact) mass is 436 g/mol. The number of benzene rings is 3. The second kappa shape index (κ2) is 8.94. The normalized spacial score (nSPS) is 12.3. The molecule has 3 aromatic carbocycles. The van der Waals surface area contributed by atoms with Crippen molar-refractivity contribution in [1.29, 1.82) is 0 Å². The summed E-state index contributed by atoms with van der Waals surface area (Å²) >= 11 is 0. The van der Waals surface area contributed by atoms with Crippen LogP contribution >= 0.6 is 0 Å². The summed E-state index contributed by atoms with van der Waals surface area (Å²) in [5, 5.41) is 3.02. The first-order valence-corrected chi connectivity index (χ1v) is 11.6. The highest BCUT2D eigenvalue weighted by atomic mass is 32.2. The van der Waals surface area contributed by atoms with Gasteiger partial charge in [0.15, 0.2) is 0 Å². The van der Waals surface area contributed by atoms with Crippen molar-refractivity contribution >= 4 is 21.6 Å². The Morgan fingerprint density at radius 1 is 0.871 bits per heavy atom. The fraction of sp³-hybridized carbons (Fsp3) is 0.240. The van der Waals surface area contributed by atoms with E-state index in [1.807, 2.05) is 13.0 Å². The van der Waals surface area contributed by atoms with Crippen LogP contribution in [0.2, 0.25) is 0 Å². The van der Waals surface area contributed by atoms with E-state index in [0.717, 1.165) is 5.56 Å². The highest BCUT2D eigenvalue weighted by Crippen LogP contribution is 2.26. The fourth-order valence-electron chi connectivity index (χ4n) is 3.43. The lowest BCUT2D eigenvalue weighted by molar-refractivity contribution is 0.0940. The molecular formula is C25H28N2O3S. The van der Waals surface area contributed by atoms with Crippen molar-refractivity contribution in [3.63, 3.8) is 0 Å². The maximum atomic E-state index is 12.9. The highest BCUT2D eigenvalue weighted by Gasteiger charge is 2.23. The lowest BCUT2D eigenvalue weighted by atomic mass is 10.0. The Labute approximate surface area is 184 Å². The smallest absolute Gasteiger partial charge is 0.264 e. The van der Waals surface area contributed by atoms with Gasteiger partial charge >= 0.3 is 0 Å². The number of rotatable bonds is 6. The Hall–Kier alpha value is -3.12. The van der Waals surface area contributed by atoms with Crippen molar-refractivity contribution in [2.75, 3.05) is 11.4 Å². The number of carbonyl (C=O) groups is 1. The standard InChI is InChI=1S/C25H28N2O3S/c1-17-11-12-21(15-18(17)2)20(4)26-25(28)22-13-14-24(19(3)16-22)27(5)31(29,30)23-9-7-6-8-10-23/h6-16,20H,1-5H3,(H,26,28)/t20-/m0/s1. The molecule has 0 aliphatic heterocycles. The number of nitrogens with zero attached hydrogens (tertiary/aromatic N) is 1. The van der Waals surface area contributed by atoms with Crippen LogP contribution in [0.1, 0.15) is 45.6 Å². The van der Waals surface area contributed by atoms with Crippen LogP contribution in [0.5, 0.6) is 0 Å². The molecule has 0 saturated carbocycles. The van der Waals surface area contributed by atoms with Crippen molar-refractivity contribution in [2.45, 2.75) is 38.6 Å². The predicted octanol–water partition coefficient (Wildman–Crippen LogP) is 4.93. The van der Waals surface area contributed by atoms with E-state index in [0.29, 0.717) is 16.8 Å². The van der Waals surface area contributed by atoms with Crippen LogP contribution in [-0.4, -0.2) is 21.4 Å². The lowest BCUT2D eigenvalue weighted by Gasteiger charge is -2.22. The zero-order valence-electron chi connectivity index (χ0n) is 18.5. The summed E-state index contributed by atoms with van der Waals surface area (Å²) in [6.45, 7) is 7.86. The van der Waals surface area contributed by atoms with Crippen LogP contribution in [0.15, 0.2) is 71.6 Å². The van der Waals surface area contributed by atoms with E-state index in [1.54, 1.807) is 55.5 Å². The number of hydrogen-bond acceptors (Lipinski definition) is 3. The Balaban J connectivity index is 1.79. The fourth-order valence-corrected chi connectivity index (χ4v) is 4.71. The molecule has 31 heavy (non-hydrogen) atoms. The minimum Gasteiger partial charge on any atom is -0.346 e. The van der Waals surface area contributed by atoms with Gasteiger partial charge in [-0.05, 0) is 80.3 Å². The number of carbonyl (C=O) groups excluding carboxylic acids is 1. The molecule has 1 N–H and O–H groups in total. The topological polar surface area (TPSA) is 66.5 Å². The van der Waals surface area contributed by atoms with Gasteiger partial charge < -0.3 is 5.32 Å². The molecule has 0 heterocycles. The lowest BCUT2D eigenvalue weighted by Crippen LogP contribution is -2.28. The number of sulfonamides is 1. The average Bonchev–Trinajstić information content (AvgIpc) is 2.75. The number of aryl methyl sites for hydroxylation is 3. The van der Waals surface area contributed by atoms with Crippen molar-refractivity contribution < 1.29 is 13.2 Å². The SMILES string of the molecule is Cc1ccc([C@H](C)NC(=O)c2ccc(N(C)S(=O)(=O)c3ccccc3)c(C)c2)cc1C. The first-order chi connectivity index (χ1) is 14.6. The zero-order chi connectivity index (χ0) is 22.8. The molecule has 0 fully saturated rings. The third kappa shape index (κ3) is 4.80. The van der Waals surface area contributed by atoms with Crippen LogP contribution in [0.25, 0.3) is 0 Å². The van der Waals surface area contributed by atoms with Crippen LogP contribution in [0.4, 0.5) is 5.69 Å². The van der Waals surface area contributed by atoms with Gasteiger partial charge in [0.25, 0.3) is 15.9 Å². The van der Waals surface area contributed by atoms with Crippen LogP contribution < -0.4 is 9.62 Å². The molecule has 0 aliphatic carbocycles. The molecular weight excluding hydrogens is 408 g/mol. The van der Waals surface area contributed by atoms with Crippen molar-refractivity contribution in [2.24, 2.45) is 0 Å². The van der Waals surface area contributed by atoms with Gasteiger partial charge in [-0.25, -0.2) is 8.42 Å². The summed E-state index contributed by atoms with van der Waals surface area (Å²) in [7, 11) is -2.16. The second-order valence-corrected chi connectivity index (χ2v) is 9.79. The van der Waals surface area contributed by atoms with Crippen LogP contribution in [-0.2, 0) is 10.0 Å². The summed E-state index contributed by atoms with van der Waals surface area (Å²) in [5.74, 6) is -0.200. The largest absolute Gasteiger partial charge is 0.346 e. The highest BCUT2D eigenvalue weighted by molar-refractivity contribution is 7.92. The number of anilines is 1. The van der Waals surface area contributed by atoms with Gasteiger partial charge in [-0.1, -0.05) is 36.4 Å². The Kier molecular flexibility index (Phi) is 6.51. The molecule has 5 nitrogen and oxygen atoms in total. The summed E-state index contributed by atoms with van der Waals surface area (Å²) in [5.41, 5.74) is 5.15. The van der Waals surface area contributed by atoms with E-state index in [-0.39, 0.29) is 16.8 Å². The van der Waals surface area contributed by atoms with Gasteiger partial charge in [-0.15, -0.1) is 0 Å². The molecule has 1 atom stereocenters. The first kappa shape index (κ1) is 22.6. The van der Waals surface area contributed by atoms with Gasteiger partial charge in [0.1, 0.15) is 0 Å². The van der Waals surface area contributed by atoms with Crippen LogP contribution in [0, 0.1) is 20.8 Å². The number of hydrogen-bond donors (Lipinski definition) is 1. The van der Waals surface area contributed by atoms with E-state index < -0.39 is 10.0 Å².